The second-order valence-corrected chi connectivity index (χ2v) is 6.23. The van der Waals surface area contributed by atoms with Crippen molar-refractivity contribution in [2.24, 2.45) is 0 Å². The predicted molar refractivity (Wildman–Crippen MR) is 86.3 cm³/mol. The fourth-order valence-electron chi connectivity index (χ4n) is 2.25. The second-order valence-electron chi connectivity index (χ2n) is 4.86. The SMILES string of the molecule is CCOc1ccnc(C[S@@](=O)c2nc3ccccc3[nH]2)c1C. The summed E-state index contributed by atoms with van der Waals surface area (Å²) in [4.78, 5) is 11.8. The minimum absolute atomic E-state index is 0.312. The Morgan fingerprint density at radius 1 is 1.27 bits per heavy atom. The predicted octanol–water partition coefficient (Wildman–Crippen LogP) is 2.97. The molecule has 2 aromatic heterocycles. The molecule has 0 aliphatic rings. The molecule has 3 rings (SSSR count). The van der Waals surface area contributed by atoms with Crippen molar-refractivity contribution in [3.63, 3.8) is 0 Å². The molecule has 3 aromatic rings. The molecular formula is C16H17N3O2S. The van der Waals surface area contributed by atoms with Crippen LogP contribution in [0.2, 0.25) is 0 Å². The van der Waals surface area contributed by atoms with Crippen LogP contribution in [0.5, 0.6) is 5.75 Å². The van der Waals surface area contributed by atoms with Crippen molar-refractivity contribution in [2.45, 2.75) is 24.8 Å². The molecule has 0 aliphatic heterocycles. The topological polar surface area (TPSA) is 67.9 Å². The van der Waals surface area contributed by atoms with Gasteiger partial charge in [0.05, 0.1) is 39.9 Å². The molecular weight excluding hydrogens is 298 g/mol. The Morgan fingerprint density at radius 2 is 2.09 bits per heavy atom. The molecule has 22 heavy (non-hydrogen) atoms. The Hall–Kier alpha value is -2.21. The van der Waals surface area contributed by atoms with Crippen molar-refractivity contribution in [3.05, 3.63) is 47.8 Å². The summed E-state index contributed by atoms with van der Waals surface area (Å²) < 4.78 is 18.1. The first-order chi connectivity index (χ1) is 10.7. The zero-order chi connectivity index (χ0) is 15.5. The molecule has 2 heterocycles. The number of fused-ring (bicyclic) bond motifs is 1. The van der Waals surface area contributed by atoms with E-state index in [9.17, 15) is 4.21 Å². The van der Waals surface area contributed by atoms with E-state index in [1.165, 1.54) is 0 Å². The van der Waals surface area contributed by atoms with Crippen molar-refractivity contribution >= 4 is 21.8 Å². The van der Waals surface area contributed by atoms with Crippen molar-refractivity contribution in [1.82, 2.24) is 15.0 Å². The van der Waals surface area contributed by atoms with Gasteiger partial charge in [-0.2, -0.15) is 0 Å². The first-order valence-electron chi connectivity index (χ1n) is 7.09. The molecule has 6 heteroatoms. The first kappa shape index (κ1) is 14.7. The Kier molecular flexibility index (Phi) is 4.20. The number of para-hydroxylation sites is 2. The maximum atomic E-state index is 12.5. The highest BCUT2D eigenvalue weighted by Gasteiger charge is 2.14. The molecule has 0 saturated carbocycles. The number of ether oxygens (including phenoxy) is 1. The van der Waals surface area contributed by atoms with E-state index in [4.69, 9.17) is 4.74 Å². The van der Waals surface area contributed by atoms with Crippen LogP contribution in [0.3, 0.4) is 0 Å². The van der Waals surface area contributed by atoms with Crippen LogP contribution in [0, 0.1) is 6.92 Å². The molecule has 1 atom stereocenters. The summed E-state index contributed by atoms with van der Waals surface area (Å²) in [6.07, 6.45) is 1.68. The summed E-state index contributed by atoms with van der Waals surface area (Å²) in [5.41, 5.74) is 3.40. The summed E-state index contributed by atoms with van der Waals surface area (Å²) in [7, 11) is -1.27. The Morgan fingerprint density at radius 3 is 2.86 bits per heavy atom. The maximum Gasteiger partial charge on any atom is 0.197 e. The second kappa shape index (κ2) is 6.27. The number of pyridine rings is 1. The average molecular weight is 315 g/mol. The highest BCUT2D eigenvalue weighted by molar-refractivity contribution is 7.84. The van der Waals surface area contributed by atoms with Gasteiger partial charge in [-0.05, 0) is 32.0 Å². The number of nitrogens with one attached hydrogen (secondary N) is 1. The van der Waals surface area contributed by atoms with Gasteiger partial charge >= 0.3 is 0 Å². The number of H-pyrrole nitrogens is 1. The molecule has 0 amide bonds. The smallest absolute Gasteiger partial charge is 0.197 e. The van der Waals surface area contributed by atoms with Crippen LogP contribution in [0.1, 0.15) is 18.2 Å². The maximum absolute atomic E-state index is 12.5. The van der Waals surface area contributed by atoms with Crippen LogP contribution in [-0.2, 0) is 16.6 Å². The number of imidazole rings is 1. The average Bonchev–Trinajstić information content (AvgIpc) is 2.95. The number of aromatic nitrogens is 3. The highest BCUT2D eigenvalue weighted by atomic mass is 32.2. The molecule has 0 saturated heterocycles. The van der Waals surface area contributed by atoms with Gasteiger partial charge in [-0.15, -0.1) is 0 Å². The third-order valence-corrected chi connectivity index (χ3v) is 4.57. The monoisotopic (exact) mass is 315 g/mol. The van der Waals surface area contributed by atoms with E-state index < -0.39 is 10.8 Å². The van der Waals surface area contributed by atoms with Gasteiger partial charge in [0.1, 0.15) is 5.75 Å². The standard InChI is InChI=1S/C16H17N3O2S/c1-3-21-15-8-9-17-14(11(15)2)10-22(20)16-18-12-6-4-5-7-13(12)19-16/h4-9H,3,10H2,1-2H3,(H,18,19)/t22-/m1/s1. The third kappa shape index (κ3) is 2.87. The molecule has 0 radical (unpaired) electrons. The molecule has 0 spiro atoms. The van der Waals surface area contributed by atoms with Gasteiger partial charge in [-0.1, -0.05) is 12.1 Å². The Bertz CT molecular complexity index is 796. The van der Waals surface area contributed by atoms with Crippen LogP contribution in [0.4, 0.5) is 0 Å². The lowest BCUT2D eigenvalue weighted by atomic mass is 10.2. The van der Waals surface area contributed by atoms with Gasteiger partial charge in [0.15, 0.2) is 5.16 Å². The Balaban J connectivity index is 1.86. The van der Waals surface area contributed by atoms with Crippen molar-refractivity contribution < 1.29 is 8.95 Å². The number of aromatic amines is 1. The minimum Gasteiger partial charge on any atom is -0.493 e. The zero-order valence-corrected chi connectivity index (χ0v) is 13.3. The van der Waals surface area contributed by atoms with Gasteiger partial charge in [-0.25, -0.2) is 4.98 Å². The van der Waals surface area contributed by atoms with Gasteiger partial charge < -0.3 is 9.72 Å². The number of benzene rings is 1. The quantitative estimate of drug-likeness (QED) is 0.786. The summed E-state index contributed by atoms with van der Waals surface area (Å²) in [6.45, 7) is 4.46. The van der Waals surface area contributed by atoms with Crippen molar-refractivity contribution in [3.8, 4) is 5.75 Å². The van der Waals surface area contributed by atoms with Gasteiger partial charge in [0.2, 0.25) is 0 Å². The van der Waals surface area contributed by atoms with E-state index in [1.807, 2.05) is 44.2 Å². The largest absolute Gasteiger partial charge is 0.493 e. The normalized spacial score (nSPS) is 12.5. The van der Waals surface area contributed by atoms with Crippen molar-refractivity contribution in [1.29, 1.82) is 0 Å². The minimum atomic E-state index is -1.27. The summed E-state index contributed by atoms with van der Waals surface area (Å²) in [5.74, 6) is 1.10. The number of hydrogen-bond acceptors (Lipinski definition) is 4. The summed E-state index contributed by atoms with van der Waals surface area (Å²) in [5, 5.41) is 0.476. The van der Waals surface area contributed by atoms with Gasteiger partial charge in [0, 0.05) is 11.8 Å². The lowest BCUT2D eigenvalue weighted by Gasteiger charge is -2.09. The van der Waals surface area contributed by atoms with E-state index in [-0.39, 0.29) is 0 Å². The van der Waals surface area contributed by atoms with Crippen LogP contribution in [-0.4, -0.2) is 25.8 Å². The fourth-order valence-corrected chi connectivity index (χ4v) is 3.35. The molecule has 0 aliphatic carbocycles. The van der Waals surface area contributed by atoms with E-state index >= 15 is 0 Å². The number of rotatable bonds is 5. The number of hydrogen-bond donors (Lipinski definition) is 1. The third-order valence-electron chi connectivity index (χ3n) is 3.41. The molecule has 0 bridgehead atoms. The van der Waals surface area contributed by atoms with Crippen LogP contribution < -0.4 is 4.74 Å². The van der Waals surface area contributed by atoms with E-state index in [0.717, 1.165) is 28.0 Å². The molecule has 114 valence electrons. The summed E-state index contributed by atoms with van der Waals surface area (Å²) in [6, 6.07) is 9.47. The van der Waals surface area contributed by atoms with Gasteiger partial charge in [0.25, 0.3) is 0 Å². The van der Waals surface area contributed by atoms with Crippen LogP contribution in [0.15, 0.2) is 41.7 Å². The van der Waals surface area contributed by atoms with E-state index in [1.54, 1.807) is 6.20 Å². The van der Waals surface area contributed by atoms with Crippen LogP contribution >= 0.6 is 0 Å². The molecule has 5 nitrogen and oxygen atoms in total. The van der Waals surface area contributed by atoms with Crippen LogP contribution in [0.25, 0.3) is 11.0 Å². The summed E-state index contributed by atoms with van der Waals surface area (Å²) >= 11 is 0. The van der Waals surface area contributed by atoms with Crippen molar-refractivity contribution in [2.75, 3.05) is 6.61 Å². The zero-order valence-electron chi connectivity index (χ0n) is 12.5. The molecule has 0 fully saturated rings. The first-order valence-corrected chi connectivity index (χ1v) is 8.41. The number of nitrogens with zero attached hydrogens (tertiary/aromatic N) is 2. The molecule has 0 unspecified atom stereocenters. The fraction of sp³-hybridized carbons (Fsp3) is 0.250. The van der Waals surface area contributed by atoms with E-state index in [2.05, 4.69) is 15.0 Å². The van der Waals surface area contributed by atoms with Gasteiger partial charge in [-0.3, -0.25) is 9.19 Å². The Labute approximate surface area is 131 Å². The highest BCUT2D eigenvalue weighted by Crippen LogP contribution is 2.22. The lowest BCUT2D eigenvalue weighted by molar-refractivity contribution is 0.337. The lowest BCUT2D eigenvalue weighted by Crippen LogP contribution is -2.04. The molecule has 1 aromatic carbocycles. The van der Waals surface area contributed by atoms with E-state index in [0.29, 0.717) is 17.5 Å². The molecule has 1 N–H and O–H groups in total.